The average Bonchev–Trinajstić information content (AvgIpc) is 3.00. The zero-order valence-corrected chi connectivity index (χ0v) is 23.7. The predicted octanol–water partition coefficient (Wildman–Crippen LogP) is 6.37. The highest BCUT2D eigenvalue weighted by atomic mass is 19.3. The number of nitrogens with one attached hydrogen (secondary N) is 2. The zero-order valence-electron chi connectivity index (χ0n) is 23.7. The Bertz CT molecular complexity index is 1980. The van der Waals surface area contributed by atoms with Crippen molar-refractivity contribution in [3.05, 3.63) is 129 Å². The number of aromatic nitrogens is 4. The van der Waals surface area contributed by atoms with Crippen molar-refractivity contribution in [3.8, 4) is 17.2 Å². The number of pyridine rings is 2. The van der Waals surface area contributed by atoms with Gasteiger partial charge in [0.2, 0.25) is 0 Å². The second-order valence-corrected chi connectivity index (χ2v) is 9.92. The first-order chi connectivity index (χ1) is 21.5. The summed E-state index contributed by atoms with van der Waals surface area (Å²) in [5.74, 6) is -1.83. The first kappa shape index (κ1) is 30.7. The van der Waals surface area contributed by atoms with Crippen LogP contribution in [0.4, 0.5) is 34.9 Å². The molecule has 0 unspecified atom stereocenters. The van der Waals surface area contributed by atoms with Gasteiger partial charge in [-0.1, -0.05) is 0 Å². The Morgan fingerprint density at radius 2 is 1.67 bits per heavy atom. The normalized spacial score (nSPS) is 11.1. The lowest BCUT2D eigenvalue weighted by atomic mass is 10.2. The number of ether oxygens (including phenoxy) is 1. The number of alkyl halides is 2. The van der Waals surface area contributed by atoms with E-state index in [-0.39, 0.29) is 40.1 Å². The maximum absolute atomic E-state index is 15.0. The van der Waals surface area contributed by atoms with E-state index in [1.165, 1.54) is 59.3 Å². The van der Waals surface area contributed by atoms with E-state index in [1.807, 2.05) is 0 Å². The van der Waals surface area contributed by atoms with Crippen molar-refractivity contribution in [3.63, 3.8) is 0 Å². The van der Waals surface area contributed by atoms with Crippen LogP contribution < -0.4 is 26.6 Å². The molecule has 2 aromatic carbocycles. The SMILES string of the molecule is CC(C)n1cc(C(=O)Nc2ccc(Oc3ccnc(Nc4ccc(C(F)F)cn4)c3)c(F)c2)c(=O)n(-c2ccc(F)cc2)c1=O. The van der Waals surface area contributed by atoms with Crippen LogP contribution in [0.5, 0.6) is 11.5 Å². The number of anilines is 3. The molecule has 0 radical (unpaired) electrons. The van der Waals surface area contributed by atoms with Crippen LogP contribution in [0.25, 0.3) is 5.69 Å². The minimum Gasteiger partial charge on any atom is -0.454 e. The fourth-order valence-corrected chi connectivity index (χ4v) is 4.19. The van der Waals surface area contributed by atoms with Gasteiger partial charge in [-0.05, 0) is 68.4 Å². The van der Waals surface area contributed by atoms with Crippen LogP contribution in [0.1, 0.15) is 42.2 Å². The van der Waals surface area contributed by atoms with Crippen molar-refractivity contribution in [2.75, 3.05) is 10.6 Å². The molecule has 0 bridgehead atoms. The van der Waals surface area contributed by atoms with Crippen molar-refractivity contribution in [1.82, 2.24) is 19.1 Å². The third-order valence-corrected chi connectivity index (χ3v) is 6.44. The van der Waals surface area contributed by atoms with Crippen LogP contribution in [-0.4, -0.2) is 25.0 Å². The van der Waals surface area contributed by atoms with Crippen molar-refractivity contribution in [2.45, 2.75) is 26.3 Å². The molecule has 1 amide bonds. The molecule has 0 aliphatic heterocycles. The Labute approximate surface area is 252 Å². The van der Waals surface area contributed by atoms with Gasteiger partial charge in [0.05, 0.1) is 5.69 Å². The van der Waals surface area contributed by atoms with Gasteiger partial charge in [-0.15, -0.1) is 0 Å². The summed E-state index contributed by atoms with van der Waals surface area (Å²) in [5.41, 5.74) is -2.23. The van der Waals surface area contributed by atoms with E-state index in [4.69, 9.17) is 4.74 Å². The molecule has 5 aromatic rings. The first-order valence-corrected chi connectivity index (χ1v) is 13.4. The Morgan fingerprint density at radius 1 is 0.911 bits per heavy atom. The third-order valence-electron chi connectivity index (χ3n) is 6.44. The largest absolute Gasteiger partial charge is 0.454 e. The lowest BCUT2D eigenvalue weighted by molar-refractivity contribution is 0.102. The zero-order chi connectivity index (χ0) is 32.2. The smallest absolute Gasteiger partial charge is 0.335 e. The number of benzene rings is 2. The molecule has 0 saturated carbocycles. The second kappa shape index (κ2) is 12.8. The minimum atomic E-state index is -2.65. The van der Waals surface area contributed by atoms with E-state index in [0.29, 0.717) is 0 Å². The maximum atomic E-state index is 15.0. The average molecular weight is 621 g/mol. The van der Waals surface area contributed by atoms with E-state index in [1.54, 1.807) is 13.8 Å². The Balaban J connectivity index is 1.34. The molecule has 230 valence electrons. The molecule has 3 heterocycles. The molecule has 0 saturated heterocycles. The molecular formula is C31H24F4N6O4. The van der Waals surface area contributed by atoms with Crippen LogP contribution in [0, 0.1) is 11.6 Å². The highest BCUT2D eigenvalue weighted by Gasteiger charge is 2.20. The lowest BCUT2D eigenvalue weighted by Crippen LogP contribution is -2.42. The van der Waals surface area contributed by atoms with Crippen molar-refractivity contribution in [1.29, 1.82) is 0 Å². The molecule has 14 heteroatoms. The highest BCUT2D eigenvalue weighted by Crippen LogP contribution is 2.28. The van der Waals surface area contributed by atoms with Gasteiger partial charge in [-0.2, -0.15) is 0 Å². The first-order valence-electron chi connectivity index (χ1n) is 13.4. The molecule has 3 aromatic heterocycles. The molecule has 0 aliphatic carbocycles. The number of hydrogen-bond acceptors (Lipinski definition) is 7. The molecule has 2 N–H and O–H groups in total. The Hall–Kier alpha value is -5.79. The molecular weight excluding hydrogens is 596 g/mol. The van der Waals surface area contributed by atoms with Crippen LogP contribution in [0.3, 0.4) is 0 Å². The van der Waals surface area contributed by atoms with E-state index in [9.17, 15) is 27.6 Å². The van der Waals surface area contributed by atoms with Gasteiger partial charge < -0.3 is 15.4 Å². The standard InChI is InChI=1S/C31H24F4N6O4/c1-17(2)40-16-23(30(43)41(31(40)44)21-7-4-19(32)5-8-21)29(42)38-20-6-9-25(24(33)13-20)45-22-11-12-36-27(14-22)39-26-10-3-18(15-37-26)28(34)35/h3-17,28H,1-2H3,(H,38,42)(H,36,37,39). The second-order valence-electron chi connectivity index (χ2n) is 9.92. The summed E-state index contributed by atoms with van der Waals surface area (Å²) in [5, 5.41) is 5.29. The fourth-order valence-electron chi connectivity index (χ4n) is 4.19. The van der Waals surface area contributed by atoms with Crippen molar-refractivity contribution >= 4 is 23.2 Å². The Morgan fingerprint density at radius 3 is 2.31 bits per heavy atom. The monoisotopic (exact) mass is 620 g/mol. The van der Waals surface area contributed by atoms with Crippen molar-refractivity contribution < 1.29 is 27.1 Å². The summed E-state index contributed by atoms with van der Waals surface area (Å²) in [7, 11) is 0. The molecule has 5 rings (SSSR count). The van der Waals surface area contributed by atoms with E-state index >= 15 is 4.39 Å². The van der Waals surface area contributed by atoms with Gasteiger partial charge in [0.25, 0.3) is 17.9 Å². The van der Waals surface area contributed by atoms with Gasteiger partial charge in [0, 0.05) is 48.0 Å². The summed E-state index contributed by atoms with van der Waals surface area (Å²) in [4.78, 5) is 47.5. The fraction of sp³-hybridized carbons (Fsp3) is 0.129. The lowest BCUT2D eigenvalue weighted by Gasteiger charge is -2.16. The minimum absolute atomic E-state index is 0.00437. The summed E-state index contributed by atoms with van der Waals surface area (Å²) in [6, 6.07) is 13.3. The van der Waals surface area contributed by atoms with E-state index < -0.39 is 46.8 Å². The number of halogens is 4. The predicted molar refractivity (Wildman–Crippen MR) is 158 cm³/mol. The van der Waals surface area contributed by atoms with E-state index in [2.05, 4.69) is 20.6 Å². The summed E-state index contributed by atoms with van der Waals surface area (Å²) >= 11 is 0. The number of carbonyl (C=O) groups is 1. The topological polar surface area (TPSA) is 120 Å². The van der Waals surface area contributed by atoms with Gasteiger partial charge in [-0.3, -0.25) is 14.2 Å². The quantitative estimate of drug-likeness (QED) is 0.184. The van der Waals surface area contributed by atoms with Crippen LogP contribution in [0.2, 0.25) is 0 Å². The van der Waals surface area contributed by atoms with Crippen LogP contribution in [0.15, 0.2) is 94.9 Å². The summed E-state index contributed by atoms with van der Waals surface area (Å²) < 4.78 is 61.6. The number of amides is 1. The van der Waals surface area contributed by atoms with Crippen LogP contribution in [-0.2, 0) is 0 Å². The number of nitrogens with zero attached hydrogens (tertiary/aromatic N) is 4. The van der Waals surface area contributed by atoms with Crippen molar-refractivity contribution in [2.24, 2.45) is 0 Å². The molecule has 0 fully saturated rings. The number of hydrogen-bond donors (Lipinski definition) is 2. The number of rotatable bonds is 9. The van der Waals surface area contributed by atoms with Gasteiger partial charge in [-0.25, -0.2) is 36.9 Å². The molecule has 0 aliphatic rings. The molecule has 45 heavy (non-hydrogen) atoms. The molecule has 0 spiro atoms. The summed E-state index contributed by atoms with van der Waals surface area (Å²) in [6.45, 7) is 3.37. The van der Waals surface area contributed by atoms with E-state index in [0.717, 1.165) is 35.2 Å². The van der Waals surface area contributed by atoms with Gasteiger partial charge >= 0.3 is 5.69 Å². The summed E-state index contributed by atoms with van der Waals surface area (Å²) in [6.07, 6.45) is 0.885. The van der Waals surface area contributed by atoms with Gasteiger partial charge in [0.1, 0.15) is 28.8 Å². The molecule has 10 nitrogen and oxygen atoms in total. The maximum Gasteiger partial charge on any atom is 0.335 e. The Kier molecular flexibility index (Phi) is 8.74. The van der Waals surface area contributed by atoms with Gasteiger partial charge in [0.15, 0.2) is 11.6 Å². The molecule has 0 atom stereocenters. The van der Waals surface area contributed by atoms with Crippen LogP contribution >= 0.6 is 0 Å². The number of carbonyl (C=O) groups excluding carboxylic acids is 1. The third kappa shape index (κ3) is 6.90. The highest BCUT2D eigenvalue weighted by molar-refractivity contribution is 6.03.